The zero-order valence-corrected chi connectivity index (χ0v) is 12.1. The zero-order chi connectivity index (χ0) is 12.8. The molecule has 1 aromatic rings. The molecule has 18 heavy (non-hydrogen) atoms. The molecule has 1 saturated carbocycles. The van der Waals surface area contributed by atoms with Gasteiger partial charge in [-0.25, -0.2) is 0 Å². The van der Waals surface area contributed by atoms with Crippen LogP contribution in [0.4, 0.5) is 0 Å². The molecule has 5 heteroatoms. The molecule has 1 fully saturated rings. The Morgan fingerprint density at radius 1 is 1.39 bits per heavy atom. The molecule has 102 valence electrons. The minimum Gasteiger partial charge on any atom is -0.383 e. The van der Waals surface area contributed by atoms with Crippen LogP contribution in [0.5, 0.6) is 0 Å². The first-order chi connectivity index (χ1) is 8.81. The predicted octanol–water partition coefficient (Wildman–Crippen LogP) is 2.22. The maximum Gasteiger partial charge on any atom is 0.120 e. The standard InChI is InChI=1S/C13H23N3OS/c1-10(11-5-6-11)13-16-15-12(18-13)4-3-7-14-8-9-17-2/h10-11,14H,3-9H2,1-2H3. The van der Waals surface area contributed by atoms with E-state index in [9.17, 15) is 0 Å². The van der Waals surface area contributed by atoms with E-state index in [-0.39, 0.29) is 0 Å². The van der Waals surface area contributed by atoms with Gasteiger partial charge < -0.3 is 10.1 Å². The van der Waals surface area contributed by atoms with Crippen molar-refractivity contribution in [3.8, 4) is 0 Å². The van der Waals surface area contributed by atoms with Gasteiger partial charge in [0.15, 0.2) is 0 Å². The first-order valence-corrected chi connectivity index (χ1v) is 7.65. The van der Waals surface area contributed by atoms with Crippen molar-refractivity contribution in [2.24, 2.45) is 5.92 Å². The van der Waals surface area contributed by atoms with E-state index in [0.717, 1.165) is 38.5 Å². The van der Waals surface area contributed by atoms with Gasteiger partial charge in [-0.2, -0.15) is 0 Å². The maximum absolute atomic E-state index is 4.98. The van der Waals surface area contributed by atoms with Crippen molar-refractivity contribution in [1.29, 1.82) is 0 Å². The number of rotatable bonds is 9. The summed E-state index contributed by atoms with van der Waals surface area (Å²) >= 11 is 1.80. The molecule has 0 bridgehead atoms. The lowest BCUT2D eigenvalue weighted by Crippen LogP contribution is -2.20. The topological polar surface area (TPSA) is 47.0 Å². The number of methoxy groups -OCH3 is 1. The van der Waals surface area contributed by atoms with E-state index in [0.29, 0.717) is 5.92 Å². The molecule has 0 amide bonds. The highest BCUT2D eigenvalue weighted by molar-refractivity contribution is 7.11. The van der Waals surface area contributed by atoms with E-state index in [1.807, 2.05) is 0 Å². The molecule has 1 heterocycles. The molecule has 1 aliphatic carbocycles. The monoisotopic (exact) mass is 269 g/mol. The van der Waals surface area contributed by atoms with Crippen LogP contribution in [-0.2, 0) is 11.2 Å². The summed E-state index contributed by atoms with van der Waals surface area (Å²) in [6.45, 7) is 5.02. The Morgan fingerprint density at radius 2 is 2.22 bits per heavy atom. The molecule has 0 aliphatic heterocycles. The molecule has 0 radical (unpaired) electrons. The number of hydrogen-bond donors (Lipinski definition) is 1. The SMILES string of the molecule is COCCNCCCc1nnc(C(C)C2CC2)s1. The van der Waals surface area contributed by atoms with Crippen LogP contribution in [0.25, 0.3) is 0 Å². The average molecular weight is 269 g/mol. The molecule has 1 N–H and O–H groups in total. The molecule has 0 aromatic carbocycles. The summed E-state index contributed by atoms with van der Waals surface area (Å²) in [7, 11) is 1.73. The van der Waals surface area contributed by atoms with E-state index in [1.165, 1.54) is 22.9 Å². The predicted molar refractivity (Wildman–Crippen MR) is 74.1 cm³/mol. The fourth-order valence-corrected chi connectivity index (χ4v) is 3.04. The van der Waals surface area contributed by atoms with Crippen LogP contribution in [0.2, 0.25) is 0 Å². The minimum atomic E-state index is 0.621. The van der Waals surface area contributed by atoms with Crippen LogP contribution in [-0.4, -0.2) is 37.0 Å². The largest absolute Gasteiger partial charge is 0.383 e. The van der Waals surface area contributed by atoms with E-state index < -0.39 is 0 Å². The number of nitrogens with zero attached hydrogens (tertiary/aromatic N) is 2. The van der Waals surface area contributed by atoms with Gasteiger partial charge in [-0.05, 0) is 31.7 Å². The molecule has 1 atom stereocenters. The van der Waals surface area contributed by atoms with Crippen molar-refractivity contribution < 1.29 is 4.74 Å². The lowest BCUT2D eigenvalue weighted by molar-refractivity contribution is 0.199. The van der Waals surface area contributed by atoms with Gasteiger partial charge in [0, 0.05) is 26.0 Å². The van der Waals surface area contributed by atoms with Crippen LogP contribution in [0.3, 0.4) is 0 Å². The van der Waals surface area contributed by atoms with Crippen LogP contribution in [0.15, 0.2) is 0 Å². The highest BCUT2D eigenvalue weighted by Crippen LogP contribution is 2.42. The van der Waals surface area contributed by atoms with Crippen molar-refractivity contribution in [3.63, 3.8) is 0 Å². The number of nitrogens with one attached hydrogen (secondary N) is 1. The second-order valence-corrected chi connectivity index (χ2v) is 6.10. The van der Waals surface area contributed by atoms with Crippen molar-refractivity contribution >= 4 is 11.3 Å². The lowest BCUT2D eigenvalue weighted by Gasteiger charge is -2.03. The van der Waals surface area contributed by atoms with Crippen LogP contribution >= 0.6 is 11.3 Å². The molecule has 0 spiro atoms. The zero-order valence-electron chi connectivity index (χ0n) is 11.3. The number of aryl methyl sites for hydroxylation is 1. The summed E-state index contributed by atoms with van der Waals surface area (Å²) < 4.78 is 4.98. The minimum absolute atomic E-state index is 0.621. The van der Waals surface area contributed by atoms with Gasteiger partial charge in [-0.1, -0.05) is 6.92 Å². The first-order valence-electron chi connectivity index (χ1n) is 6.83. The number of ether oxygens (including phenoxy) is 1. The number of hydrogen-bond acceptors (Lipinski definition) is 5. The van der Waals surface area contributed by atoms with Gasteiger partial charge in [0.05, 0.1) is 6.61 Å². The maximum atomic E-state index is 4.98. The van der Waals surface area contributed by atoms with Gasteiger partial charge in [0.2, 0.25) is 0 Å². The molecule has 1 aliphatic rings. The number of aromatic nitrogens is 2. The van der Waals surface area contributed by atoms with Crippen molar-refractivity contribution in [3.05, 3.63) is 10.0 Å². The second kappa shape index (κ2) is 7.16. The van der Waals surface area contributed by atoms with Crippen LogP contribution < -0.4 is 5.32 Å². The smallest absolute Gasteiger partial charge is 0.120 e. The average Bonchev–Trinajstić information content (AvgIpc) is 3.12. The Hall–Kier alpha value is -0.520. The van der Waals surface area contributed by atoms with Crippen LogP contribution in [0.1, 0.15) is 42.1 Å². The first kappa shape index (κ1) is 13.9. The third-order valence-corrected chi connectivity index (χ3v) is 4.61. The van der Waals surface area contributed by atoms with E-state index in [1.54, 1.807) is 18.4 Å². The summed E-state index contributed by atoms with van der Waals surface area (Å²) in [5.74, 6) is 1.50. The molecule has 1 aromatic heterocycles. The highest BCUT2D eigenvalue weighted by Gasteiger charge is 2.31. The molecule has 4 nitrogen and oxygen atoms in total. The fourth-order valence-electron chi connectivity index (χ4n) is 2.01. The third kappa shape index (κ3) is 4.30. The lowest BCUT2D eigenvalue weighted by atomic mass is 10.1. The second-order valence-electron chi connectivity index (χ2n) is 5.01. The van der Waals surface area contributed by atoms with Crippen molar-refractivity contribution in [1.82, 2.24) is 15.5 Å². The summed E-state index contributed by atoms with van der Waals surface area (Å²) in [6.07, 6.45) is 4.91. The quantitative estimate of drug-likeness (QED) is 0.698. The Kier molecular flexibility index (Phi) is 5.53. The molecule has 1 unspecified atom stereocenters. The Bertz CT molecular complexity index is 352. The van der Waals surface area contributed by atoms with Crippen LogP contribution in [0, 0.1) is 5.92 Å². The highest BCUT2D eigenvalue weighted by atomic mass is 32.1. The summed E-state index contributed by atoms with van der Waals surface area (Å²) in [6, 6.07) is 0. The summed E-state index contributed by atoms with van der Waals surface area (Å²) in [5, 5.41) is 14.4. The third-order valence-electron chi connectivity index (χ3n) is 3.43. The molecular formula is C13H23N3OS. The summed E-state index contributed by atoms with van der Waals surface area (Å²) in [4.78, 5) is 0. The van der Waals surface area contributed by atoms with E-state index in [2.05, 4.69) is 22.4 Å². The van der Waals surface area contributed by atoms with Gasteiger partial charge in [-0.3, -0.25) is 0 Å². The summed E-state index contributed by atoms with van der Waals surface area (Å²) in [5.41, 5.74) is 0. The molecule has 0 saturated heterocycles. The van der Waals surface area contributed by atoms with Crippen molar-refractivity contribution in [2.45, 2.75) is 38.5 Å². The fraction of sp³-hybridized carbons (Fsp3) is 0.846. The Balaban J connectivity index is 1.64. The molecular weight excluding hydrogens is 246 g/mol. The van der Waals surface area contributed by atoms with Gasteiger partial charge in [0.1, 0.15) is 10.0 Å². The van der Waals surface area contributed by atoms with E-state index >= 15 is 0 Å². The van der Waals surface area contributed by atoms with Crippen molar-refractivity contribution in [2.75, 3.05) is 26.8 Å². The van der Waals surface area contributed by atoms with Gasteiger partial charge >= 0.3 is 0 Å². The normalized spacial score (nSPS) is 17.0. The molecule has 2 rings (SSSR count). The van der Waals surface area contributed by atoms with Gasteiger partial charge in [-0.15, -0.1) is 21.5 Å². The Morgan fingerprint density at radius 3 is 2.94 bits per heavy atom. The Labute approximate surface area is 113 Å². The van der Waals surface area contributed by atoms with Gasteiger partial charge in [0.25, 0.3) is 0 Å². The van der Waals surface area contributed by atoms with E-state index in [4.69, 9.17) is 4.74 Å².